The third-order valence-corrected chi connectivity index (χ3v) is 6.54. The molecule has 25 heavy (non-hydrogen) atoms. The van der Waals surface area contributed by atoms with Crippen LogP contribution in [0.5, 0.6) is 11.5 Å². The molecule has 8 heteroatoms. The average molecular weight is 368 g/mol. The van der Waals surface area contributed by atoms with Gasteiger partial charge >= 0.3 is 0 Å². The minimum absolute atomic E-state index is 0.0848. The molecule has 1 aromatic carbocycles. The van der Waals surface area contributed by atoms with E-state index in [2.05, 4.69) is 5.32 Å². The smallest absolute Gasteiger partial charge is 0.221 e. The quantitative estimate of drug-likeness (QED) is 0.776. The first-order valence-electron chi connectivity index (χ1n) is 8.58. The summed E-state index contributed by atoms with van der Waals surface area (Å²) in [6.07, 6.45) is 3.69. The maximum absolute atomic E-state index is 12.5. The number of rotatable bonds is 6. The van der Waals surface area contributed by atoms with Crippen molar-refractivity contribution in [2.45, 2.75) is 42.5 Å². The van der Waals surface area contributed by atoms with Gasteiger partial charge in [-0.2, -0.15) is 0 Å². The van der Waals surface area contributed by atoms with E-state index in [1.54, 1.807) is 6.07 Å². The molecule has 0 unspecified atom stereocenters. The highest BCUT2D eigenvalue weighted by atomic mass is 32.2. The molecular formula is C17H24N2O5S. The summed E-state index contributed by atoms with van der Waals surface area (Å²) in [5.41, 5.74) is 5.43. The fraction of sp³-hybridized carbons (Fsp3) is 0.588. The second kappa shape index (κ2) is 7.21. The van der Waals surface area contributed by atoms with Crippen LogP contribution >= 0.6 is 0 Å². The molecule has 0 radical (unpaired) electrons. The summed E-state index contributed by atoms with van der Waals surface area (Å²) >= 11 is 0. The van der Waals surface area contributed by atoms with Gasteiger partial charge in [0.25, 0.3) is 0 Å². The van der Waals surface area contributed by atoms with E-state index in [1.165, 1.54) is 12.1 Å². The molecular weight excluding hydrogens is 344 g/mol. The maximum Gasteiger partial charge on any atom is 0.221 e. The van der Waals surface area contributed by atoms with Crippen molar-refractivity contribution in [3.8, 4) is 11.5 Å². The summed E-state index contributed by atoms with van der Waals surface area (Å²) in [5.74, 6) is 0.436. The first-order chi connectivity index (χ1) is 11.9. The summed E-state index contributed by atoms with van der Waals surface area (Å²) in [6.45, 7) is 1.22. The van der Waals surface area contributed by atoms with Gasteiger partial charge < -0.3 is 20.5 Å². The SMILES string of the molecule is NCC1(NC(=O)CCS(=O)(=O)c2ccc3c(c2)OCCO3)CCCC1. The number of hydrogen-bond acceptors (Lipinski definition) is 6. The van der Waals surface area contributed by atoms with Gasteiger partial charge in [0, 0.05) is 19.0 Å². The second-order valence-electron chi connectivity index (χ2n) is 6.61. The molecule has 0 atom stereocenters. The highest BCUT2D eigenvalue weighted by Crippen LogP contribution is 2.33. The van der Waals surface area contributed by atoms with Crippen molar-refractivity contribution in [2.75, 3.05) is 25.5 Å². The van der Waals surface area contributed by atoms with Gasteiger partial charge in [0.2, 0.25) is 5.91 Å². The monoisotopic (exact) mass is 368 g/mol. The van der Waals surface area contributed by atoms with Gasteiger partial charge in [0.15, 0.2) is 21.3 Å². The molecule has 0 saturated heterocycles. The summed E-state index contributed by atoms with van der Waals surface area (Å²) in [4.78, 5) is 12.3. The molecule has 3 rings (SSSR count). The van der Waals surface area contributed by atoms with E-state index in [4.69, 9.17) is 15.2 Å². The van der Waals surface area contributed by atoms with E-state index in [9.17, 15) is 13.2 Å². The van der Waals surface area contributed by atoms with Crippen molar-refractivity contribution < 1.29 is 22.7 Å². The second-order valence-corrected chi connectivity index (χ2v) is 8.72. The number of ether oxygens (including phenoxy) is 2. The molecule has 3 N–H and O–H groups in total. The minimum Gasteiger partial charge on any atom is -0.486 e. The zero-order valence-corrected chi connectivity index (χ0v) is 14.9. The van der Waals surface area contributed by atoms with E-state index >= 15 is 0 Å². The van der Waals surface area contributed by atoms with Crippen molar-refractivity contribution in [2.24, 2.45) is 5.73 Å². The van der Waals surface area contributed by atoms with Crippen LogP contribution in [0.2, 0.25) is 0 Å². The zero-order chi connectivity index (χ0) is 17.9. The number of nitrogens with two attached hydrogens (primary N) is 1. The van der Waals surface area contributed by atoms with Gasteiger partial charge in [0.05, 0.1) is 16.2 Å². The molecule has 1 aliphatic carbocycles. The first-order valence-corrected chi connectivity index (χ1v) is 10.2. The summed E-state index contributed by atoms with van der Waals surface area (Å²) in [7, 11) is -3.58. The highest BCUT2D eigenvalue weighted by molar-refractivity contribution is 7.91. The molecule has 7 nitrogen and oxygen atoms in total. The Morgan fingerprint density at radius 3 is 2.52 bits per heavy atom. The van der Waals surface area contributed by atoms with Crippen LogP contribution in [-0.4, -0.2) is 45.4 Å². The molecule has 1 saturated carbocycles. The van der Waals surface area contributed by atoms with Gasteiger partial charge in [-0.25, -0.2) is 8.42 Å². The Bertz CT molecular complexity index is 741. The largest absolute Gasteiger partial charge is 0.486 e. The van der Waals surface area contributed by atoms with E-state index in [-0.39, 0.29) is 28.5 Å². The molecule has 2 aliphatic rings. The van der Waals surface area contributed by atoms with Crippen LogP contribution in [0, 0.1) is 0 Å². The van der Waals surface area contributed by atoms with Crippen LogP contribution in [0.15, 0.2) is 23.1 Å². The van der Waals surface area contributed by atoms with Crippen molar-refractivity contribution in [3.05, 3.63) is 18.2 Å². The first kappa shape index (κ1) is 18.0. The van der Waals surface area contributed by atoms with E-state index in [1.807, 2.05) is 0 Å². The molecule has 0 bridgehead atoms. The number of amides is 1. The van der Waals surface area contributed by atoms with Gasteiger partial charge in [-0.15, -0.1) is 0 Å². The number of benzene rings is 1. The Balaban J connectivity index is 1.62. The lowest BCUT2D eigenvalue weighted by Crippen LogP contribution is -2.51. The Morgan fingerprint density at radius 2 is 1.84 bits per heavy atom. The standard InChI is InChI=1S/C17H24N2O5S/c18-12-17(6-1-2-7-17)19-16(20)5-10-25(21,22)13-3-4-14-15(11-13)24-9-8-23-14/h3-4,11H,1-2,5-10,12,18H2,(H,19,20). The Labute approximate surface area is 147 Å². The zero-order valence-electron chi connectivity index (χ0n) is 14.1. The van der Waals surface area contributed by atoms with Crippen LogP contribution < -0.4 is 20.5 Å². The van der Waals surface area contributed by atoms with Crippen molar-refractivity contribution >= 4 is 15.7 Å². The predicted octanol–water partition coefficient (Wildman–Crippen LogP) is 1.01. The van der Waals surface area contributed by atoms with E-state index in [0.29, 0.717) is 31.3 Å². The molecule has 1 fully saturated rings. The van der Waals surface area contributed by atoms with Crippen LogP contribution in [0.1, 0.15) is 32.1 Å². The Hall–Kier alpha value is -1.80. The van der Waals surface area contributed by atoms with Gasteiger partial charge in [0.1, 0.15) is 13.2 Å². The lowest BCUT2D eigenvalue weighted by Gasteiger charge is -2.28. The van der Waals surface area contributed by atoms with Crippen molar-refractivity contribution in [3.63, 3.8) is 0 Å². The number of carbonyl (C=O) groups excluding carboxylic acids is 1. The number of fused-ring (bicyclic) bond motifs is 1. The molecule has 1 heterocycles. The highest BCUT2D eigenvalue weighted by Gasteiger charge is 2.34. The maximum atomic E-state index is 12.5. The molecule has 1 amide bonds. The van der Waals surface area contributed by atoms with Gasteiger partial charge in [-0.1, -0.05) is 12.8 Å². The van der Waals surface area contributed by atoms with Crippen LogP contribution in [0.4, 0.5) is 0 Å². The van der Waals surface area contributed by atoms with E-state index in [0.717, 1.165) is 25.7 Å². The summed E-state index contributed by atoms with van der Waals surface area (Å²) in [6, 6.07) is 4.53. The molecule has 1 aliphatic heterocycles. The number of sulfone groups is 1. The summed E-state index contributed by atoms with van der Waals surface area (Å²) < 4.78 is 35.8. The fourth-order valence-electron chi connectivity index (χ4n) is 3.35. The Morgan fingerprint density at radius 1 is 1.16 bits per heavy atom. The number of nitrogens with one attached hydrogen (secondary N) is 1. The molecule has 0 spiro atoms. The van der Waals surface area contributed by atoms with Crippen LogP contribution in [0.25, 0.3) is 0 Å². The molecule has 1 aromatic rings. The van der Waals surface area contributed by atoms with Crippen LogP contribution in [-0.2, 0) is 14.6 Å². The molecule has 0 aromatic heterocycles. The van der Waals surface area contributed by atoms with Crippen molar-refractivity contribution in [1.82, 2.24) is 5.32 Å². The van der Waals surface area contributed by atoms with Gasteiger partial charge in [-0.05, 0) is 25.0 Å². The topological polar surface area (TPSA) is 108 Å². The third kappa shape index (κ3) is 4.07. The fourth-order valence-corrected chi connectivity index (χ4v) is 4.60. The molecule has 138 valence electrons. The van der Waals surface area contributed by atoms with E-state index < -0.39 is 9.84 Å². The van der Waals surface area contributed by atoms with Crippen molar-refractivity contribution in [1.29, 1.82) is 0 Å². The normalized spacial score (nSPS) is 18.8. The van der Waals surface area contributed by atoms with Gasteiger partial charge in [-0.3, -0.25) is 4.79 Å². The summed E-state index contributed by atoms with van der Waals surface area (Å²) in [5, 5.41) is 2.94. The predicted molar refractivity (Wildman–Crippen MR) is 92.5 cm³/mol. The lowest BCUT2D eigenvalue weighted by atomic mass is 9.98. The lowest BCUT2D eigenvalue weighted by molar-refractivity contribution is -0.122. The third-order valence-electron chi connectivity index (χ3n) is 4.83. The number of carbonyl (C=O) groups is 1. The number of hydrogen-bond donors (Lipinski definition) is 2. The Kier molecular flexibility index (Phi) is 5.19. The minimum atomic E-state index is -3.58. The average Bonchev–Trinajstić information content (AvgIpc) is 3.08. The van der Waals surface area contributed by atoms with Crippen LogP contribution in [0.3, 0.4) is 0 Å².